The third kappa shape index (κ3) is 6.72. The Morgan fingerprint density at radius 3 is 2.41 bits per heavy atom. The highest BCUT2D eigenvalue weighted by molar-refractivity contribution is 7.87. The topological polar surface area (TPSA) is 131 Å². The summed E-state index contributed by atoms with van der Waals surface area (Å²) in [5.74, 6) is -1.53. The van der Waals surface area contributed by atoms with E-state index < -0.39 is 52.8 Å². The maximum atomic E-state index is 14.1. The number of alkyl halides is 3. The number of urea groups is 1. The number of carbonyl (C=O) groups excluding carboxylic acids is 1. The molecule has 0 spiro atoms. The average Bonchev–Trinajstić information content (AvgIpc) is 3.16. The predicted molar refractivity (Wildman–Crippen MR) is 111 cm³/mol. The first-order valence-electron chi connectivity index (χ1n) is 9.34. The van der Waals surface area contributed by atoms with E-state index in [-0.39, 0.29) is 22.6 Å². The molecule has 0 bridgehead atoms. The molecule has 0 aliphatic heterocycles. The zero-order valence-corrected chi connectivity index (χ0v) is 17.8. The number of carbonyl (C=O) groups is 1. The third-order valence-corrected chi connectivity index (χ3v) is 4.88. The minimum atomic E-state index is -4.77. The Labute approximate surface area is 189 Å². The van der Waals surface area contributed by atoms with Crippen LogP contribution in [0.3, 0.4) is 0 Å². The van der Waals surface area contributed by atoms with Crippen molar-refractivity contribution in [2.24, 2.45) is 5.14 Å². The second-order valence-corrected chi connectivity index (χ2v) is 8.27. The number of hydrogen-bond donors (Lipinski definition) is 4. The van der Waals surface area contributed by atoms with E-state index in [1.165, 1.54) is 24.3 Å². The van der Waals surface area contributed by atoms with Crippen molar-refractivity contribution in [3.8, 4) is 5.69 Å². The maximum absolute atomic E-state index is 14.1. The molecule has 182 valence electrons. The molecule has 0 saturated heterocycles. The summed E-state index contributed by atoms with van der Waals surface area (Å²) in [7, 11) is -4.03. The van der Waals surface area contributed by atoms with Crippen molar-refractivity contribution >= 4 is 21.9 Å². The molecule has 0 fully saturated rings. The van der Waals surface area contributed by atoms with E-state index in [0.717, 1.165) is 22.9 Å². The van der Waals surface area contributed by atoms with Crippen LogP contribution >= 0.6 is 0 Å². The van der Waals surface area contributed by atoms with Gasteiger partial charge in [-0.1, -0.05) is 12.1 Å². The minimum absolute atomic E-state index is 0.0102. The first kappa shape index (κ1) is 25.1. The predicted octanol–water partition coefficient (Wildman–Crippen LogP) is 2.78. The van der Waals surface area contributed by atoms with Crippen LogP contribution in [0.5, 0.6) is 0 Å². The fraction of sp³-hybridized carbons (Fsp3) is 0.158. The van der Waals surface area contributed by atoms with Crippen molar-refractivity contribution in [2.75, 3.05) is 5.32 Å². The van der Waals surface area contributed by atoms with Crippen molar-refractivity contribution in [3.05, 3.63) is 77.1 Å². The van der Waals surface area contributed by atoms with Gasteiger partial charge in [0.25, 0.3) is 10.2 Å². The van der Waals surface area contributed by atoms with Crippen LogP contribution in [0.15, 0.2) is 48.5 Å². The number of hydrogen-bond acceptors (Lipinski definition) is 4. The Kier molecular flexibility index (Phi) is 7.18. The first-order chi connectivity index (χ1) is 15.8. The second kappa shape index (κ2) is 9.74. The number of nitrogens with two attached hydrogens (primary N) is 1. The van der Waals surface area contributed by atoms with Gasteiger partial charge in [-0.05, 0) is 36.4 Å². The molecular formula is C19H17F5N6O3S. The lowest BCUT2D eigenvalue weighted by Crippen LogP contribution is -2.30. The van der Waals surface area contributed by atoms with Crippen LogP contribution in [0, 0.1) is 11.6 Å². The summed E-state index contributed by atoms with van der Waals surface area (Å²) in [6.45, 7) is -0.840. The molecule has 1 heterocycles. The molecule has 1 aromatic heterocycles. The van der Waals surface area contributed by atoms with Gasteiger partial charge in [0.05, 0.1) is 17.9 Å². The SMILES string of the molecule is NS(=O)(=O)NCc1ccc(NC(=O)NCc2cc(C(F)(F)F)nn2-c2cccc(F)c2)cc1F. The Morgan fingerprint density at radius 1 is 1.06 bits per heavy atom. The number of aromatic nitrogens is 2. The van der Waals surface area contributed by atoms with Crippen molar-refractivity contribution in [2.45, 2.75) is 19.3 Å². The summed E-state index contributed by atoms with van der Waals surface area (Å²) in [4.78, 5) is 12.2. The highest BCUT2D eigenvalue weighted by atomic mass is 32.2. The van der Waals surface area contributed by atoms with Gasteiger partial charge in [0.15, 0.2) is 5.69 Å². The number of anilines is 1. The average molecular weight is 504 g/mol. The summed E-state index contributed by atoms with van der Waals surface area (Å²) >= 11 is 0. The Balaban J connectivity index is 1.71. The lowest BCUT2D eigenvalue weighted by molar-refractivity contribution is -0.141. The van der Waals surface area contributed by atoms with E-state index in [4.69, 9.17) is 5.14 Å². The zero-order chi connectivity index (χ0) is 25.1. The summed E-state index contributed by atoms with van der Waals surface area (Å²) in [5.41, 5.74) is -1.37. The lowest BCUT2D eigenvalue weighted by atomic mass is 10.2. The van der Waals surface area contributed by atoms with Crippen LogP contribution in [0.1, 0.15) is 17.0 Å². The first-order valence-corrected chi connectivity index (χ1v) is 10.9. The van der Waals surface area contributed by atoms with E-state index >= 15 is 0 Å². The fourth-order valence-electron chi connectivity index (χ4n) is 2.81. The monoisotopic (exact) mass is 504 g/mol. The number of rotatable bonds is 7. The van der Waals surface area contributed by atoms with Gasteiger partial charge in [-0.15, -0.1) is 0 Å². The quantitative estimate of drug-likeness (QED) is 0.369. The molecule has 9 nitrogen and oxygen atoms in total. The van der Waals surface area contributed by atoms with Crippen LogP contribution < -0.4 is 20.5 Å². The second-order valence-electron chi connectivity index (χ2n) is 6.89. The van der Waals surface area contributed by atoms with Crippen molar-refractivity contribution in [1.82, 2.24) is 19.8 Å². The number of benzene rings is 2. The van der Waals surface area contributed by atoms with Crippen molar-refractivity contribution < 1.29 is 35.2 Å². The molecule has 0 aliphatic carbocycles. The molecule has 5 N–H and O–H groups in total. The lowest BCUT2D eigenvalue weighted by Gasteiger charge is -2.11. The van der Waals surface area contributed by atoms with Crippen LogP contribution in [0.4, 0.5) is 32.4 Å². The summed E-state index contributed by atoms with van der Waals surface area (Å²) in [5, 5.41) is 12.8. The highest BCUT2D eigenvalue weighted by Crippen LogP contribution is 2.29. The number of nitrogens with zero attached hydrogens (tertiary/aromatic N) is 2. The molecule has 2 amide bonds. The molecule has 15 heteroatoms. The molecule has 2 aromatic carbocycles. The van der Waals surface area contributed by atoms with E-state index in [1.807, 2.05) is 4.72 Å². The molecule has 3 aromatic rings. The fourth-order valence-corrected chi connectivity index (χ4v) is 3.17. The molecule has 0 aliphatic rings. The molecule has 34 heavy (non-hydrogen) atoms. The summed E-state index contributed by atoms with van der Waals surface area (Å²) in [6, 6.07) is 7.95. The molecule has 3 rings (SSSR count). The molecular weight excluding hydrogens is 487 g/mol. The minimum Gasteiger partial charge on any atom is -0.332 e. The molecule has 0 radical (unpaired) electrons. The van der Waals surface area contributed by atoms with Gasteiger partial charge in [-0.2, -0.15) is 31.4 Å². The standard InChI is InChI=1S/C19H17F5N6O3S/c20-12-2-1-3-14(6-12)30-15(8-17(29-30)19(22,23)24)10-26-18(31)28-13-5-4-11(16(21)7-13)9-27-34(25,32)33/h1-8,27H,9-10H2,(H2,25,32,33)(H2,26,28,31). The number of nitrogens with one attached hydrogen (secondary N) is 3. The normalized spacial score (nSPS) is 11.9. The Bertz CT molecular complexity index is 1310. The summed E-state index contributed by atoms with van der Waals surface area (Å²) in [6.07, 6.45) is -4.77. The highest BCUT2D eigenvalue weighted by Gasteiger charge is 2.35. The maximum Gasteiger partial charge on any atom is 0.435 e. The molecule has 0 unspecified atom stereocenters. The molecule has 0 atom stereocenters. The number of amides is 2. The van der Waals surface area contributed by atoms with Crippen LogP contribution in [-0.4, -0.2) is 24.2 Å². The van der Waals surface area contributed by atoms with Crippen molar-refractivity contribution in [1.29, 1.82) is 0 Å². The zero-order valence-electron chi connectivity index (χ0n) is 17.0. The van der Waals surface area contributed by atoms with Gasteiger partial charge in [0.1, 0.15) is 11.6 Å². The van der Waals surface area contributed by atoms with Gasteiger partial charge < -0.3 is 10.6 Å². The van der Waals surface area contributed by atoms with Gasteiger partial charge >= 0.3 is 12.2 Å². The van der Waals surface area contributed by atoms with Gasteiger partial charge in [0, 0.05) is 17.8 Å². The van der Waals surface area contributed by atoms with E-state index in [1.54, 1.807) is 0 Å². The largest absolute Gasteiger partial charge is 0.435 e. The van der Waals surface area contributed by atoms with E-state index in [2.05, 4.69) is 15.7 Å². The van der Waals surface area contributed by atoms with Gasteiger partial charge in [-0.25, -0.2) is 23.4 Å². The smallest absolute Gasteiger partial charge is 0.332 e. The van der Waals surface area contributed by atoms with E-state index in [0.29, 0.717) is 6.07 Å². The van der Waals surface area contributed by atoms with Crippen LogP contribution in [0.2, 0.25) is 0 Å². The van der Waals surface area contributed by atoms with Crippen LogP contribution in [0.25, 0.3) is 5.69 Å². The van der Waals surface area contributed by atoms with Gasteiger partial charge in [-0.3, -0.25) is 0 Å². The Morgan fingerprint density at radius 2 is 1.79 bits per heavy atom. The summed E-state index contributed by atoms with van der Waals surface area (Å²) < 4.78 is 91.6. The number of halogens is 5. The van der Waals surface area contributed by atoms with E-state index in [9.17, 15) is 35.2 Å². The van der Waals surface area contributed by atoms with Gasteiger partial charge in [0.2, 0.25) is 0 Å². The Hall–Kier alpha value is -3.56. The third-order valence-electron chi connectivity index (χ3n) is 4.33. The van der Waals surface area contributed by atoms with Crippen molar-refractivity contribution in [3.63, 3.8) is 0 Å². The molecule has 0 saturated carbocycles. The van der Waals surface area contributed by atoms with Crippen LogP contribution in [-0.2, 0) is 29.5 Å².